The second kappa shape index (κ2) is 5.07. The van der Waals surface area contributed by atoms with Gasteiger partial charge in [0, 0.05) is 18.8 Å². The van der Waals surface area contributed by atoms with Crippen LogP contribution in [0, 0.1) is 11.3 Å². The number of nitrogen functional groups attached to an aromatic ring is 1. The van der Waals surface area contributed by atoms with Crippen LogP contribution in [0.2, 0.25) is 0 Å². The Morgan fingerprint density at radius 3 is 2.59 bits per heavy atom. The zero-order chi connectivity index (χ0) is 13.1. The molecule has 0 aliphatic carbocycles. The highest BCUT2D eigenvalue weighted by Gasteiger charge is 2.19. The topological polar surface area (TPSA) is 73.3 Å². The normalized spacial score (nSPS) is 11.0. The van der Waals surface area contributed by atoms with E-state index in [0.29, 0.717) is 17.8 Å². The van der Waals surface area contributed by atoms with Crippen LogP contribution >= 0.6 is 0 Å². The van der Waals surface area contributed by atoms with Crippen LogP contribution in [0.4, 0.5) is 11.4 Å². The fraction of sp³-hybridized carbons (Fsp3) is 0.462. The third kappa shape index (κ3) is 3.65. The van der Waals surface area contributed by atoms with Gasteiger partial charge in [-0.3, -0.25) is 0 Å². The van der Waals surface area contributed by atoms with Crippen molar-refractivity contribution in [2.45, 2.75) is 26.4 Å². The molecule has 0 aromatic heterocycles. The zero-order valence-electron chi connectivity index (χ0n) is 10.6. The second-order valence-corrected chi connectivity index (χ2v) is 4.72. The molecule has 0 amide bonds. The Hall–Kier alpha value is -1.73. The Morgan fingerprint density at radius 1 is 1.47 bits per heavy atom. The van der Waals surface area contributed by atoms with Gasteiger partial charge in [-0.25, -0.2) is 0 Å². The minimum Gasteiger partial charge on any atom is -0.399 e. The van der Waals surface area contributed by atoms with Gasteiger partial charge in [-0.1, -0.05) is 0 Å². The molecule has 0 bridgehead atoms. The first-order chi connectivity index (χ1) is 7.87. The summed E-state index contributed by atoms with van der Waals surface area (Å²) in [5.74, 6) is 0. The van der Waals surface area contributed by atoms with E-state index in [4.69, 9.17) is 11.0 Å². The van der Waals surface area contributed by atoms with Crippen molar-refractivity contribution in [1.29, 1.82) is 5.26 Å². The number of hydrogen-bond donors (Lipinski definition) is 2. The lowest BCUT2D eigenvalue weighted by molar-refractivity contribution is 0.0876. The molecular formula is C13H19N3O. The van der Waals surface area contributed by atoms with Crippen LogP contribution in [-0.4, -0.2) is 23.8 Å². The van der Waals surface area contributed by atoms with Gasteiger partial charge in [-0.05, 0) is 39.0 Å². The van der Waals surface area contributed by atoms with E-state index >= 15 is 0 Å². The summed E-state index contributed by atoms with van der Waals surface area (Å²) >= 11 is 0. The predicted molar refractivity (Wildman–Crippen MR) is 69.8 cm³/mol. The summed E-state index contributed by atoms with van der Waals surface area (Å²) in [7, 11) is 0. The van der Waals surface area contributed by atoms with E-state index < -0.39 is 5.60 Å². The van der Waals surface area contributed by atoms with E-state index in [1.54, 1.807) is 26.0 Å². The minimum atomic E-state index is -0.801. The Morgan fingerprint density at radius 2 is 2.12 bits per heavy atom. The van der Waals surface area contributed by atoms with Crippen LogP contribution in [0.15, 0.2) is 18.2 Å². The number of likely N-dealkylation sites (N-methyl/N-ethyl adjacent to an activating group) is 1. The first-order valence-corrected chi connectivity index (χ1v) is 5.64. The van der Waals surface area contributed by atoms with Crippen molar-refractivity contribution in [2.24, 2.45) is 0 Å². The van der Waals surface area contributed by atoms with E-state index in [9.17, 15) is 5.11 Å². The number of benzene rings is 1. The van der Waals surface area contributed by atoms with E-state index in [0.717, 1.165) is 12.2 Å². The third-order valence-electron chi connectivity index (χ3n) is 2.44. The number of anilines is 2. The van der Waals surface area contributed by atoms with Crippen molar-refractivity contribution in [1.82, 2.24) is 0 Å². The highest BCUT2D eigenvalue weighted by atomic mass is 16.3. The van der Waals surface area contributed by atoms with Gasteiger partial charge in [0.05, 0.1) is 16.9 Å². The van der Waals surface area contributed by atoms with Crippen molar-refractivity contribution < 1.29 is 5.11 Å². The van der Waals surface area contributed by atoms with Crippen LogP contribution in [-0.2, 0) is 0 Å². The molecule has 1 aromatic rings. The highest BCUT2D eigenvalue weighted by molar-refractivity contribution is 5.64. The van der Waals surface area contributed by atoms with Crippen molar-refractivity contribution >= 4 is 11.4 Å². The number of nitriles is 1. The molecule has 4 nitrogen and oxygen atoms in total. The average Bonchev–Trinajstić information content (AvgIpc) is 2.24. The number of hydrogen-bond acceptors (Lipinski definition) is 4. The smallest absolute Gasteiger partial charge is 0.101 e. The molecule has 3 N–H and O–H groups in total. The standard InChI is InChI=1S/C13H19N3O/c1-4-16(9-13(2,3)17)12-6-5-11(15)7-10(12)8-14/h5-7,17H,4,9,15H2,1-3H3. The summed E-state index contributed by atoms with van der Waals surface area (Å²) in [6.45, 7) is 6.69. The third-order valence-corrected chi connectivity index (χ3v) is 2.44. The lowest BCUT2D eigenvalue weighted by atomic mass is 10.1. The molecule has 0 heterocycles. The number of nitrogens with two attached hydrogens (primary N) is 1. The molecule has 0 aliphatic rings. The average molecular weight is 233 g/mol. The number of aliphatic hydroxyl groups is 1. The molecule has 4 heteroatoms. The monoisotopic (exact) mass is 233 g/mol. The van der Waals surface area contributed by atoms with Crippen LogP contribution in [0.1, 0.15) is 26.3 Å². The molecule has 0 fully saturated rings. The molecule has 1 aromatic carbocycles. The van der Waals surface area contributed by atoms with Gasteiger partial charge in [0.25, 0.3) is 0 Å². The van der Waals surface area contributed by atoms with Gasteiger partial charge in [-0.2, -0.15) is 5.26 Å². The summed E-state index contributed by atoms with van der Waals surface area (Å²) in [4.78, 5) is 1.97. The fourth-order valence-electron chi connectivity index (χ4n) is 1.75. The van der Waals surface area contributed by atoms with E-state index in [1.807, 2.05) is 17.9 Å². The van der Waals surface area contributed by atoms with Gasteiger partial charge in [0.1, 0.15) is 6.07 Å². The van der Waals surface area contributed by atoms with Gasteiger partial charge < -0.3 is 15.7 Å². The molecular weight excluding hydrogens is 214 g/mol. The maximum Gasteiger partial charge on any atom is 0.101 e. The molecule has 17 heavy (non-hydrogen) atoms. The van der Waals surface area contributed by atoms with E-state index in [2.05, 4.69) is 6.07 Å². The summed E-state index contributed by atoms with van der Waals surface area (Å²) < 4.78 is 0. The number of rotatable bonds is 4. The molecule has 0 radical (unpaired) electrons. The molecule has 1 rings (SSSR count). The molecule has 0 spiro atoms. The van der Waals surface area contributed by atoms with Crippen LogP contribution in [0.25, 0.3) is 0 Å². The molecule has 0 unspecified atom stereocenters. The maximum absolute atomic E-state index is 9.85. The van der Waals surface area contributed by atoms with Crippen molar-refractivity contribution in [3.63, 3.8) is 0 Å². The Labute approximate surface area is 102 Å². The molecule has 0 saturated carbocycles. The number of nitrogens with zero attached hydrogens (tertiary/aromatic N) is 2. The quantitative estimate of drug-likeness (QED) is 0.777. The summed E-state index contributed by atoms with van der Waals surface area (Å²) in [5.41, 5.74) is 6.77. The van der Waals surface area contributed by atoms with Crippen LogP contribution in [0.3, 0.4) is 0 Å². The first-order valence-electron chi connectivity index (χ1n) is 5.64. The molecule has 92 valence electrons. The molecule has 0 saturated heterocycles. The molecule has 0 atom stereocenters. The van der Waals surface area contributed by atoms with Gasteiger partial charge in [0.2, 0.25) is 0 Å². The second-order valence-electron chi connectivity index (χ2n) is 4.72. The van der Waals surface area contributed by atoms with Crippen LogP contribution in [0.5, 0.6) is 0 Å². The Kier molecular flexibility index (Phi) is 3.97. The van der Waals surface area contributed by atoms with Gasteiger partial charge >= 0.3 is 0 Å². The predicted octanol–water partition coefficient (Wildman–Crippen LogP) is 1.74. The SMILES string of the molecule is CCN(CC(C)(C)O)c1ccc(N)cc1C#N. The lowest BCUT2D eigenvalue weighted by Crippen LogP contribution is -2.39. The molecule has 0 aliphatic heterocycles. The Balaban J connectivity index is 3.08. The minimum absolute atomic E-state index is 0.474. The van der Waals surface area contributed by atoms with Gasteiger partial charge in [-0.15, -0.1) is 0 Å². The summed E-state index contributed by atoms with van der Waals surface area (Å²) in [6.07, 6.45) is 0. The zero-order valence-corrected chi connectivity index (χ0v) is 10.6. The summed E-state index contributed by atoms with van der Waals surface area (Å²) in [5, 5.41) is 18.9. The lowest BCUT2D eigenvalue weighted by Gasteiger charge is -2.30. The largest absolute Gasteiger partial charge is 0.399 e. The van der Waals surface area contributed by atoms with Gasteiger partial charge in [0.15, 0.2) is 0 Å². The van der Waals surface area contributed by atoms with E-state index in [1.165, 1.54) is 0 Å². The highest BCUT2D eigenvalue weighted by Crippen LogP contribution is 2.23. The fourth-order valence-corrected chi connectivity index (χ4v) is 1.75. The van der Waals surface area contributed by atoms with E-state index in [-0.39, 0.29) is 0 Å². The Bertz CT molecular complexity index is 429. The van der Waals surface area contributed by atoms with Crippen molar-refractivity contribution in [3.05, 3.63) is 23.8 Å². The van der Waals surface area contributed by atoms with Crippen molar-refractivity contribution in [3.8, 4) is 6.07 Å². The maximum atomic E-state index is 9.85. The first kappa shape index (κ1) is 13.3. The summed E-state index contributed by atoms with van der Waals surface area (Å²) in [6, 6.07) is 7.38. The van der Waals surface area contributed by atoms with Crippen molar-refractivity contribution in [2.75, 3.05) is 23.7 Å². The van der Waals surface area contributed by atoms with Crippen LogP contribution < -0.4 is 10.6 Å².